The molecule has 3 heterocycles. The van der Waals surface area contributed by atoms with Crippen molar-refractivity contribution < 1.29 is 53.3 Å². The summed E-state index contributed by atoms with van der Waals surface area (Å²) < 4.78 is 37.5. The number of rotatable bonds is 7. The first-order valence-corrected chi connectivity index (χ1v) is 18.0. The van der Waals surface area contributed by atoms with Crippen molar-refractivity contribution in [3.05, 3.63) is 0 Å². The van der Waals surface area contributed by atoms with Crippen molar-refractivity contribution in [1.82, 2.24) is 5.32 Å². The van der Waals surface area contributed by atoms with Gasteiger partial charge in [0.25, 0.3) is 0 Å². The zero-order chi connectivity index (χ0) is 36.3. The van der Waals surface area contributed by atoms with Crippen LogP contribution in [0.3, 0.4) is 0 Å². The molecule has 0 radical (unpaired) electrons. The Labute approximate surface area is 287 Å². The Morgan fingerprint density at radius 3 is 2.10 bits per heavy atom. The molecule has 0 spiro atoms. The molecule has 0 bridgehead atoms. The first kappa shape index (κ1) is 41.2. The number of aliphatic hydroxyl groups excluding tert-OH is 2. The van der Waals surface area contributed by atoms with Crippen LogP contribution in [0.4, 0.5) is 0 Å². The summed E-state index contributed by atoms with van der Waals surface area (Å²) >= 11 is 0. The quantitative estimate of drug-likeness (QED) is 0.289. The average molecular weight is 688 g/mol. The second-order valence-corrected chi connectivity index (χ2v) is 15.6. The van der Waals surface area contributed by atoms with Gasteiger partial charge in [0.15, 0.2) is 12.6 Å². The molecule has 12 heteroatoms. The van der Waals surface area contributed by atoms with Gasteiger partial charge < -0.3 is 49.1 Å². The van der Waals surface area contributed by atoms with E-state index in [1.165, 1.54) is 0 Å². The fourth-order valence-electron chi connectivity index (χ4n) is 8.21. The molecule has 12 nitrogen and oxygen atoms in total. The van der Waals surface area contributed by atoms with E-state index in [-0.39, 0.29) is 30.5 Å². The summed E-state index contributed by atoms with van der Waals surface area (Å²) in [5.74, 6) is -4.29. The number of carbonyl (C=O) groups is 2. The molecule has 0 saturated carbocycles. The van der Waals surface area contributed by atoms with Crippen molar-refractivity contribution >= 4 is 11.8 Å². The van der Waals surface area contributed by atoms with Crippen LogP contribution in [-0.2, 0) is 38.0 Å². The van der Waals surface area contributed by atoms with Gasteiger partial charge in [0, 0.05) is 49.7 Å². The van der Waals surface area contributed by atoms with Crippen molar-refractivity contribution in [1.29, 1.82) is 0 Å². The number of aliphatic hydroxyl groups is 3. The second kappa shape index (κ2) is 16.9. The molecule has 280 valence electrons. The van der Waals surface area contributed by atoms with Gasteiger partial charge in [-0.15, -0.1) is 0 Å². The number of carbonyl (C=O) groups excluding carboxylic acids is 2. The zero-order valence-corrected chi connectivity index (χ0v) is 31.3. The number of likely N-dealkylation sites (N-methyl/N-ethyl adjacent to an activating group) is 1. The van der Waals surface area contributed by atoms with Crippen molar-refractivity contribution in [3.8, 4) is 0 Å². The van der Waals surface area contributed by atoms with Gasteiger partial charge in [0.2, 0.25) is 0 Å². The fourth-order valence-corrected chi connectivity index (χ4v) is 8.21. The number of ketones is 1. The van der Waals surface area contributed by atoms with Gasteiger partial charge in [-0.2, -0.15) is 0 Å². The zero-order valence-electron chi connectivity index (χ0n) is 31.3. The van der Waals surface area contributed by atoms with E-state index in [4.69, 9.17) is 28.4 Å². The standard InChI is InChI=1S/C36H65NO11/c1-13-26-21(5)29(39)22(6)28(38)18(2)15-36(10,42)32(48-34-30(40)25(37-11)14-19(3)45-34)23(7)31(24(8)33(41)46-26)47-27-17-35(9,43-12)16-20(4)44-27/h18-27,29-32,34,37,39-40,42H,13-17H2,1-12H3/t18-,19-,20+,21+,22+,23+,24-,25+,26-,27+,29+,30-,31+,32-,34+,35+,36-/m1/s1. The molecule has 0 aromatic carbocycles. The fraction of sp³-hybridized carbons (Fsp3) is 0.944. The van der Waals surface area contributed by atoms with Crippen LogP contribution in [0.15, 0.2) is 0 Å². The van der Waals surface area contributed by atoms with E-state index in [2.05, 4.69) is 5.32 Å². The minimum Gasteiger partial charge on any atom is -0.462 e. The van der Waals surface area contributed by atoms with Crippen LogP contribution >= 0.6 is 0 Å². The Balaban J connectivity index is 2.13. The molecule has 0 amide bonds. The highest BCUT2D eigenvalue weighted by Crippen LogP contribution is 2.40. The van der Waals surface area contributed by atoms with Gasteiger partial charge in [-0.05, 0) is 60.9 Å². The molecule has 0 aromatic heterocycles. The molecule has 4 N–H and O–H groups in total. The van der Waals surface area contributed by atoms with E-state index >= 15 is 0 Å². The summed E-state index contributed by atoms with van der Waals surface area (Å²) in [6, 6.07) is -0.321. The number of nitrogens with one attached hydrogen (secondary N) is 1. The summed E-state index contributed by atoms with van der Waals surface area (Å²) in [5.41, 5.74) is -2.20. The van der Waals surface area contributed by atoms with Crippen LogP contribution in [0.2, 0.25) is 0 Å². The molecule has 3 aliphatic heterocycles. The lowest BCUT2D eigenvalue weighted by molar-refractivity contribution is -0.306. The van der Waals surface area contributed by atoms with Crippen LogP contribution < -0.4 is 5.32 Å². The number of cyclic esters (lactones) is 1. The van der Waals surface area contributed by atoms with Crippen LogP contribution in [-0.4, -0.2) is 114 Å². The summed E-state index contributed by atoms with van der Waals surface area (Å²) in [6.07, 6.45) is -5.05. The maximum atomic E-state index is 14.0. The van der Waals surface area contributed by atoms with Crippen molar-refractivity contribution in [2.45, 2.75) is 174 Å². The van der Waals surface area contributed by atoms with Gasteiger partial charge in [0.1, 0.15) is 18.0 Å². The van der Waals surface area contributed by atoms with Crippen LogP contribution in [0.5, 0.6) is 0 Å². The highest BCUT2D eigenvalue weighted by atomic mass is 16.7. The predicted molar refractivity (Wildman–Crippen MR) is 179 cm³/mol. The maximum absolute atomic E-state index is 14.0. The van der Waals surface area contributed by atoms with E-state index in [9.17, 15) is 24.9 Å². The van der Waals surface area contributed by atoms with Gasteiger partial charge in [-0.1, -0.05) is 34.6 Å². The topological polar surface area (TPSA) is 162 Å². The molecule has 3 fully saturated rings. The lowest BCUT2D eigenvalue weighted by Gasteiger charge is -2.47. The highest BCUT2D eigenvalue weighted by molar-refractivity contribution is 5.83. The Morgan fingerprint density at radius 1 is 0.875 bits per heavy atom. The third kappa shape index (κ3) is 9.55. The third-order valence-electron chi connectivity index (χ3n) is 11.2. The first-order chi connectivity index (χ1) is 22.3. The van der Waals surface area contributed by atoms with Crippen molar-refractivity contribution in [3.63, 3.8) is 0 Å². The van der Waals surface area contributed by atoms with Gasteiger partial charge in [0.05, 0.1) is 47.6 Å². The lowest BCUT2D eigenvalue weighted by atomic mass is 9.74. The average Bonchev–Trinajstić information content (AvgIpc) is 3.02. The van der Waals surface area contributed by atoms with E-state index < -0.39 is 89.9 Å². The minimum absolute atomic E-state index is 0.0123. The number of hydrogen-bond acceptors (Lipinski definition) is 12. The monoisotopic (exact) mass is 687 g/mol. The number of methoxy groups -OCH3 is 1. The molecule has 0 aromatic rings. The Morgan fingerprint density at radius 2 is 1.52 bits per heavy atom. The molecule has 0 unspecified atom stereocenters. The highest BCUT2D eigenvalue weighted by Gasteiger charge is 2.51. The van der Waals surface area contributed by atoms with E-state index in [1.54, 1.807) is 48.8 Å². The van der Waals surface area contributed by atoms with Gasteiger partial charge in [-0.3, -0.25) is 9.59 Å². The summed E-state index contributed by atoms with van der Waals surface area (Å²) in [4.78, 5) is 27.7. The Kier molecular flexibility index (Phi) is 14.5. The van der Waals surface area contributed by atoms with Crippen LogP contribution in [0, 0.1) is 29.6 Å². The second-order valence-electron chi connectivity index (χ2n) is 15.6. The molecule has 48 heavy (non-hydrogen) atoms. The molecule has 3 aliphatic rings. The number of ether oxygens (including phenoxy) is 6. The maximum Gasteiger partial charge on any atom is 0.311 e. The number of Topliss-reactive ketones (excluding diaryl/α,β-unsaturated/α-hetero) is 1. The van der Waals surface area contributed by atoms with E-state index in [1.807, 2.05) is 34.6 Å². The van der Waals surface area contributed by atoms with Crippen molar-refractivity contribution in [2.24, 2.45) is 29.6 Å². The largest absolute Gasteiger partial charge is 0.462 e. The molecule has 3 saturated heterocycles. The normalized spacial score (nSPS) is 48.9. The minimum atomic E-state index is -1.67. The smallest absolute Gasteiger partial charge is 0.311 e. The van der Waals surface area contributed by atoms with Gasteiger partial charge in [-0.25, -0.2) is 0 Å². The Bertz CT molecular complexity index is 1060. The summed E-state index contributed by atoms with van der Waals surface area (Å²) in [7, 11) is 3.41. The molecule has 3 rings (SSSR count). The van der Waals surface area contributed by atoms with Gasteiger partial charge >= 0.3 is 5.97 Å². The molecular weight excluding hydrogens is 622 g/mol. The molecule has 0 aliphatic carbocycles. The van der Waals surface area contributed by atoms with E-state index in [0.29, 0.717) is 25.7 Å². The molecular formula is C36H65NO11. The predicted octanol–water partition coefficient (Wildman–Crippen LogP) is 3.36. The number of hydrogen-bond donors (Lipinski definition) is 4. The van der Waals surface area contributed by atoms with Crippen LogP contribution in [0.1, 0.15) is 101 Å². The summed E-state index contributed by atoms with van der Waals surface area (Å²) in [5, 5.41) is 38.0. The number of esters is 1. The SMILES string of the molecule is CC[C@H]1OC(=O)[C@H](C)[C@@H](O[C@H]2C[C@@](C)(OC)C[C@H](C)O2)[C@H](C)[C@@H](O[C@@H]2O[C@H](C)C[C@H](NC)[C@H]2O)[C@](C)(O)C[C@@H](C)C(=O)[C@H](C)[C@@H](O)[C@H]1C. The summed E-state index contributed by atoms with van der Waals surface area (Å²) in [6.45, 7) is 18.0. The van der Waals surface area contributed by atoms with E-state index in [0.717, 1.165) is 0 Å². The molecule has 17 atom stereocenters. The lowest BCUT2D eigenvalue weighted by Crippen LogP contribution is -2.60. The van der Waals surface area contributed by atoms with Crippen LogP contribution in [0.25, 0.3) is 0 Å². The van der Waals surface area contributed by atoms with Crippen molar-refractivity contribution in [2.75, 3.05) is 14.2 Å². The Hall–Kier alpha value is -1.22. The first-order valence-electron chi connectivity index (χ1n) is 18.0. The third-order valence-corrected chi connectivity index (χ3v) is 11.2.